The summed E-state index contributed by atoms with van der Waals surface area (Å²) in [6.45, 7) is 0.654. The molecule has 0 aromatic carbocycles. The molecule has 0 radical (unpaired) electrons. The van der Waals surface area contributed by atoms with Gasteiger partial charge in [0.15, 0.2) is 0 Å². The van der Waals surface area contributed by atoms with Crippen LogP contribution in [-0.4, -0.2) is 45.4 Å². The van der Waals surface area contributed by atoms with Crippen molar-refractivity contribution in [3.05, 3.63) is 0 Å². The van der Waals surface area contributed by atoms with Gasteiger partial charge in [0, 0.05) is 13.0 Å². The van der Waals surface area contributed by atoms with Gasteiger partial charge in [-0.25, -0.2) is 0 Å². The van der Waals surface area contributed by atoms with E-state index >= 15 is 0 Å². The first-order valence-corrected chi connectivity index (χ1v) is 2.00. The van der Waals surface area contributed by atoms with E-state index in [1.807, 2.05) is 0 Å². The van der Waals surface area contributed by atoms with Crippen molar-refractivity contribution in [3.8, 4) is 0 Å². The number of alkyl halides is 1. The second-order valence-electron chi connectivity index (χ2n) is 0.682. The molecule has 0 N–H and O–H groups in total. The summed E-state index contributed by atoms with van der Waals surface area (Å²) in [6.07, 6.45) is 0. The van der Waals surface area contributed by atoms with E-state index in [4.69, 9.17) is 11.6 Å². The van der Waals surface area contributed by atoms with E-state index in [1.165, 1.54) is 0 Å². The molecule has 38 valence electrons. The zero-order valence-electron chi connectivity index (χ0n) is 3.20. The Hall–Kier alpha value is 1.12. The van der Waals surface area contributed by atoms with Crippen molar-refractivity contribution in [1.82, 2.24) is 0 Å². The van der Waals surface area contributed by atoms with Crippen LogP contribution in [0.3, 0.4) is 0 Å². The standard InChI is InChI=1S/C3H7ClO.In.3H/c1-5-3-2-4;;;;/h2-3H2,1H3;;;;. The summed E-state index contributed by atoms with van der Waals surface area (Å²) < 4.78 is 4.56. The molecule has 3 heteroatoms. The maximum atomic E-state index is 5.18. The van der Waals surface area contributed by atoms with Gasteiger partial charge in [0.1, 0.15) is 0 Å². The molecule has 0 aromatic rings. The number of hydrogen-bond acceptors (Lipinski definition) is 1. The Labute approximate surface area is 61.8 Å². The topological polar surface area (TPSA) is 9.23 Å². The van der Waals surface area contributed by atoms with E-state index < -0.39 is 0 Å². The molecule has 0 atom stereocenters. The molecule has 1 nitrogen and oxygen atoms in total. The first-order chi connectivity index (χ1) is 2.41. The molecule has 0 fully saturated rings. The van der Waals surface area contributed by atoms with Crippen molar-refractivity contribution in [1.29, 1.82) is 0 Å². The average Bonchev–Trinajstić information content (AvgIpc) is 1.41. The molecule has 0 aromatic heterocycles. The first kappa shape index (κ1) is 10.2. The van der Waals surface area contributed by atoms with Crippen molar-refractivity contribution in [3.63, 3.8) is 0 Å². The summed E-state index contributed by atoms with van der Waals surface area (Å²) in [6, 6.07) is 0. The molecule has 0 heterocycles. The summed E-state index contributed by atoms with van der Waals surface area (Å²) >= 11 is 5.18. The van der Waals surface area contributed by atoms with Crippen LogP contribution in [0, 0.1) is 0 Å². The Morgan fingerprint density at radius 1 is 1.67 bits per heavy atom. The minimum absolute atomic E-state index is 0. The zero-order chi connectivity index (χ0) is 4.12. The molecule has 0 saturated heterocycles. The first-order valence-electron chi connectivity index (χ1n) is 1.46. The molecule has 0 aliphatic heterocycles. The second-order valence-corrected chi connectivity index (χ2v) is 1.06. The number of rotatable bonds is 2. The van der Waals surface area contributed by atoms with Crippen molar-refractivity contribution < 1.29 is 4.74 Å². The van der Waals surface area contributed by atoms with Gasteiger partial charge in [0.05, 0.1) is 6.61 Å². The average molecular weight is 212 g/mol. The molecule has 0 spiro atoms. The summed E-state index contributed by atoms with van der Waals surface area (Å²) in [7, 11) is 1.63. The van der Waals surface area contributed by atoms with Gasteiger partial charge in [-0.15, -0.1) is 11.6 Å². The number of halogens is 1. The molecule has 6 heavy (non-hydrogen) atoms. The fraction of sp³-hybridized carbons (Fsp3) is 1.00. The Morgan fingerprint density at radius 2 is 2.17 bits per heavy atom. The Morgan fingerprint density at radius 3 is 2.17 bits per heavy atom. The summed E-state index contributed by atoms with van der Waals surface area (Å²) in [4.78, 5) is 0. The molecule has 0 bridgehead atoms. The van der Waals surface area contributed by atoms with Crippen LogP contribution in [-0.2, 0) is 4.74 Å². The van der Waals surface area contributed by atoms with Crippen LogP contribution < -0.4 is 0 Å². The van der Waals surface area contributed by atoms with Gasteiger partial charge in [-0.05, 0) is 0 Å². The molecule has 0 unspecified atom stereocenters. The van der Waals surface area contributed by atoms with Crippen LogP contribution in [0.1, 0.15) is 0 Å². The van der Waals surface area contributed by atoms with E-state index in [0.29, 0.717) is 12.5 Å². The van der Waals surface area contributed by atoms with E-state index in [2.05, 4.69) is 4.74 Å². The predicted octanol–water partition coefficient (Wildman–Crippen LogP) is -0.312. The molecule has 0 aliphatic rings. The predicted molar refractivity (Wildman–Crippen MR) is 32.5 cm³/mol. The van der Waals surface area contributed by atoms with Crippen LogP contribution in [0.25, 0.3) is 0 Å². The number of hydrogen-bond donors (Lipinski definition) is 0. The molecular formula is C3H10ClInO. The summed E-state index contributed by atoms with van der Waals surface area (Å²) in [5, 5.41) is 0. The van der Waals surface area contributed by atoms with Crippen molar-refractivity contribution in [2.75, 3.05) is 19.6 Å². The van der Waals surface area contributed by atoms with Crippen LogP contribution in [0.5, 0.6) is 0 Å². The van der Waals surface area contributed by atoms with E-state index in [9.17, 15) is 0 Å². The van der Waals surface area contributed by atoms with Gasteiger partial charge in [-0.1, -0.05) is 0 Å². The fourth-order valence-electron chi connectivity index (χ4n) is 0.0772. The monoisotopic (exact) mass is 212 g/mol. The fourth-order valence-corrected chi connectivity index (χ4v) is 0.231. The third-order valence-electron chi connectivity index (χ3n) is 0.281. The van der Waals surface area contributed by atoms with Crippen LogP contribution in [0.15, 0.2) is 0 Å². The molecule has 0 saturated carbocycles. The SMILES string of the molecule is COCCCl.[InH3]. The second kappa shape index (κ2) is 9.45. The Bertz CT molecular complexity index is 18.3. The van der Waals surface area contributed by atoms with Gasteiger partial charge in [0.2, 0.25) is 0 Å². The van der Waals surface area contributed by atoms with E-state index in [0.717, 1.165) is 0 Å². The van der Waals surface area contributed by atoms with Crippen molar-refractivity contribution in [2.45, 2.75) is 0 Å². The normalized spacial score (nSPS) is 7.00. The van der Waals surface area contributed by atoms with Crippen molar-refractivity contribution in [2.24, 2.45) is 0 Å². The van der Waals surface area contributed by atoms with Crippen LogP contribution in [0.2, 0.25) is 0 Å². The Balaban J connectivity index is 0. The van der Waals surface area contributed by atoms with Gasteiger partial charge in [-0.3, -0.25) is 0 Å². The molecular weight excluding hydrogens is 202 g/mol. The van der Waals surface area contributed by atoms with Crippen LogP contribution in [0.4, 0.5) is 0 Å². The Kier molecular flexibility index (Phi) is 16.0. The van der Waals surface area contributed by atoms with Gasteiger partial charge >= 0.3 is 25.8 Å². The number of methoxy groups -OCH3 is 1. The van der Waals surface area contributed by atoms with E-state index in [-0.39, 0.29) is 25.8 Å². The minimum atomic E-state index is 0. The third-order valence-corrected chi connectivity index (χ3v) is 0.436. The molecule has 0 rings (SSSR count). The third kappa shape index (κ3) is 8.93. The van der Waals surface area contributed by atoms with Gasteiger partial charge in [-0.2, -0.15) is 0 Å². The van der Waals surface area contributed by atoms with Gasteiger partial charge in [0.25, 0.3) is 0 Å². The van der Waals surface area contributed by atoms with Crippen molar-refractivity contribution >= 4 is 37.4 Å². The quantitative estimate of drug-likeness (QED) is 0.571. The van der Waals surface area contributed by atoms with Gasteiger partial charge < -0.3 is 4.74 Å². The summed E-state index contributed by atoms with van der Waals surface area (Å²) in [5.41, 5.74) is 0. The summed E-state index contributed by atoms with van der Waals surface area (Å²) in [5.74, 6) is 0.594. The van der Waals surface area contributed by atoms with Crippen LogP contribution >= 0.6 is 11.6 Å². The molecule has 0 amide bonds. The maximum absolute atomic E-state index is 5.18. The zero-order valence-corrected chi connectivity index (χ0v) is 3.96. The number of ether oxygens (including phenoxy) is 1. The molecule has 0 aliphatic carbocycles. The van der Waals surface area contributed by atoms with E-state index in [1.54, 1.807) is 7.11 Å².